The van der Waals surface area contributed by atoms with Gasteiger partial charge in [-0.05, 0) is 12.1 Å². The number of benzene rings is 1. The third kappa shape index (κ3) is 1.79. The quantitative estimate of drug-likeness (QED) is 0.721. The SMILES string of the molecule is COc1cccc(-c2cnc3cnccn23)c1OC. The Hall–Kier alpha value is -2.56. The normalized spacial score (nSPS) is 10.6. The molecule has 0 atom stereocenters. The van der Waals surface area contributed by atoms with E-state index in [4.69, 9.17) is 9.47 Å². The first kappa shape index (κ1) is 11.5. The number of imidazole rings is 1. The zero-order valence-electron chi connectivity index (χ0n) is 10.7. The molecular weight excluding hydrogens is 242 g/mol. The van der Waals surface area contributed by atoms with Crippen molar-refractivity contribution in [1.29, 1.82) is 0 Å². The molecule has 1 aromatic carbocycles. The second-order valence-corrected chi connectivity index (χ2v) is 3.99. The van der Waals surface area contributed by atoms with Crippen molar-refractivity contribution in [2.24, 2.45) is 0 Å². The van der Waals surface area contributed by atoms with Crippen LogP contribution in [0.3, 0.4) is 0 Å². The fraction of sp³-hybridized carbons (Fsp3) is 0.143. The molecular formula is C14H13N3O2. The van der Waals surface area contributed by atoms with Gasteiger partial charge in [0.1, 0.15) is 0 Å². The van der Waals surface area contributed by atoms with Crippen molar-refractivity contribution in [2.45, 2.75) is 0 Å². The summed E-state index contributed by atoms with van der Waals surface area (Å²) in [4.78, 5) is 8.39. The van der Waals surface area contributed by atoms with E-state index in [1.54, 1.807) is 32.8 Å². The Kier molecular flexibility index (Phi) is 2.79. The largest absolute Gasteiger partial charge is 0.493 e. The number of para-hydroxylation sites is 1. The maximum Gasteiger partial charge on any atom is 0.170 e. The van der Waals surface area contributed by atoms with Gasteiger partial charge in [0, 0.05) is 18.0 Å². The lowest BCUT2D eigenvalue weighted by atomic mass is 10.1. The zero-order chi connectivity index (χ0) is 13.2. The molecule has 2 aromatic heterocycles. The summed E-state index contributed by atoms with van der Waals surface area (Å²) in [5.41, 5.74) is 2.66. The summed E-state index contributed by atoms with van der Waals surface area (Å²) in [6.45, 7) is 0. The lowest BCUT2D eigenvalue weighted by Crippen LogP contribution is -1.95. The molecule has 19 heavy (non-hydrogen) atoms. The van der Waals surface area contributed by atoms with Gasteiger partial charge in [-0.15, -0.1) is 0 Å². The summed E-state index contributed by atoms with van der Waals surface area (Å²) in [5, 5.41) is 0. The number of hydrogen-bond donors (Lipinski definition) is 0. The van der Waals surface area contributed by atoms with E-state index in [1.807, 2.05) is 28.8 Å². The van der Waals surface area contributed by atoms with E-state index in [-0.39, 0.29) is 0 Å². The predicted octanol–water partition coefficient (Wildman–Crippen LogP) is 2.41. The smallest absolute Gasteiger partial charge is 0.170 e. The van der Waals surface area contributed by atoms with Crippen molar-refractivity contribution in [3.05, 3.63) is 43.0 Å². The lowest BCUT2D eigenvalue weighted by molar-refractivity contribution is 0.356. The predicted molar refractivity (Wildman–Crippen MR) is 71.5 cm³/mol. The fourth-order valence-electron chi connectivity index (χ4n) is 2.13. The van der Waals surface area contributed by atoms with Gasteiger partial charge in [0.2, 0.25) is 0 Å². The van der Waals surface area contributed by atoms with Gasteiger partial charge in [-0.3, -0.25) is 9.38 Å². The van der Waals surface area contributed by atoms with E-state index < -0.39 is 0 Å². The molecule has 0 bridgehead atoms. The van der Waals surface area contributed by atoms with Gasteiger partial charge in [-0.2, -0.15) is 0 Å². The van der Waals surface area contributed by atoms with Crippen molar-refractivity contribution in [3.63, 3.8) is 0 Å². The standard InChI is InChI=1S/C14H13N3O2/c1-18-12-5-3-4-10(14(12)19-2)11-8-16-13-9-15-6-7-17(11)13/h3-9H,1-2H3. The fourth-order valence-corrected chi connectivity index (χ4v) is 2.13. The second-order valence-electron chi connectivity index (χ2n) is 3.99. The van der Waals surface area contributed by atoms with Gasteiger partial charge in [-0.1, -0.05) is 6.07 Å². The van der Waals surface area contributed by atoms with E-state index in [1.165, 1.54) is 0 Å². The Labute approximate surface area is 110 Å². The van der Waals surface area contributed by atoms with Crippen LogP contribution in [0.25, 0.3) is 16.9 Å². The first-order chi connectivity index (χ1) is 9.35. The molecule has 0 aliphatic carbocycles. The van der Waals surface area contributed by atoms with Crippen LogP contribution in [0.15, 0.2) is 43.0 Å². The van der Waals surface area contributed by atoms with Crippen LogP contribution in [0.1, 0.15) is 0 Å². The summed E-state index contributed by atoms with van der Waals surface area (Å²) in [7, 11) is 3.26. The molecule has 2 heterocycles. The van der Waals surface area contributed by atoms with Crippen molar-refractivity contribution in [3.8, 4) is 22.8 Å². The highest BCUT2D eigenvalue weighted by Crippen LogP contribution is 2.37. The summed E-state index contributed by atoms with van der Waals surface area (Å²) in [6, 6.07) is 5.77. The van der Waals surface area contributed by atoms with Crippen LogP contribution < -0.4 is 9.47 Å². The number of nitrogens with zero attached hydrogens (tertiary/aromatic N) is 3. The molecule has 96 valence electrons. The summed E-state index contributed by atoms with van der Waals surface area (Å²) >= 11 is 0. The van der Waals surface area contributed by atoms with Crippen LogP contribution in [-0.2, 0) is 0 Å². The molecule has 5 heteroatoms. The third-order valence-electron chi connectivity index (χ3n) is 3.00. The van der Waals surface area contributed by atoms with Crippen molar-refractivity contribution in [2.75, 3.05) is 14.2 Å². The van der Waals surface area contributed by atoms with Crippen molar-refractivity contribution < 1.29 is 9.47 Å². The van der Waals surface area contributed by atoms with Gasteiger partial charge in [-0.25, -0.2) is 4.98 Å². The summed E-state index contributed by atoms with van der Waals surface area (Å²) in [6.07, 6.45) is 7.12. The van der Waals surface area contributed by atoms with E-state index in [2.05, 4.69) is 9.97 Å². The van der Waals surface area contributed by atoms with Crippen LogP contribution in [0.2, 0.25) is 0 Å². The van der Waals surface area contributed by atoms with Gasteiger partial charge in [0.15, 0.2) is 17.1 Å². The molecule has 0 N–H and O–H groups in total. The average Bonchev–Trinajstić information content (AvgIpc) is 2.90. The summed E-state index contributed by atoms with van der Waals surface area (Å²) < 4.78 is 12.7. The van der Waals surface area contributed by atoms with Gasteiger partial charge < -0.3 is 9.47 Å². The highest BCUT2D eigenvalue weighted by Gasteiger charge is 2.14. The van der Waals surface area contributed by atoms with Gasteiger partial charge in [0.05, 0.1) is 32.3 Å². The molecule has 0 radical (unpaired) electrons. The Balaban J connectivity index is 2.27. The van der Waals surface area contributed by atoms with Gasteiger partial charge in [0.25, 0.3) is 0 Å². The van der Waals surface area contributed by atoms with Crippen LogP contribution in [0.4, 0.5) is 0 Å². The van der Waals surface area contributed by atoms with E-state index >= 15 is 0 Å². The van der Waals surface area contributed by atoms with E-state index in [0.29, 0.717) is 11.5 Å². The van der Waals surface area contributed by atoms with Crippen molar-refractivity contribution in [1.82, 2.24) is 14.4 Å². The van der Waals surface area contributed by atoms with Crippen molar-refractivity contribution >= 4 is 5.65 Å². The zero-order valence-corrected chi connectivity index (χ0v) is 10.7. The molecule has 5 nitrogen and oxygen atoms in total. The minimum Gasteiger partial charge on any atom is -0.493 e. The van der Waals surface area contributed by atoms with E-state index in [9.17, 15) is 0 Å². The number of ether oxygens (including phenoxy) is 2. The number of rotatable bonds is 3. The first-order valence-electron chi connectivity index (χ1n) is 5.83. The molecule has 0 aliphatic heterocycles. The second kappa shape index (κ2) is 4.61. The van der Waals surface area contributed by atoms with Crippen LogP contribution in [-0.4, -0.2) is 28.6 Å². The molecule has 0 amide bonds. The van der Waals surface area contributed by atoms with Crippen LogP contribution >= 0.6 is 0 Å². The van der Waals surface area contributed by atoms with Gasteiger partial charge >= 0.3 is 0 Å². The highest BCUT2D eigenvalue weighted by atomic mass is 16.5. The molecule has 0 aliphatic rings. The van der Waals surface area contributed by atoms with Crippen LogP contribution in [0.5, 0.6) is 11.5 Å². The Morgan fingerprint density at radius 3 is 2.79 bits per heavy atom. The number of fused-ring (bicyclic) bond motifs is 1. The number of hydrogen-bond acceptors (Lipinski definition) is 4. The summed E-state index contributed by atoms with van der Waals surface area (Å²) in [5.74, 6) is 1.40. The maximum atomic E-state index is 5.46. The monoisotopic (exact) mass is 255 g/mol. The Morgan fingerprint density at radius 1 is 1.11 bits per heavy atom. The van der Waals surface area contributed by atoms with E-state index in [0.717, 1.165) is 16.9 Å². The first-order valence-corrected chi connectivity index (χ1v) is 5.83. The molecule has 0 unspecified atom stereocenters. The minimum absolute atomic E-state index is 0.698. The number of methoxy groups -OCH3 is 2. The molecule has 0 spiro atoms. The third-order valence-corrected chi connectivity index (χ3v) is 3.00. The molecule has 0 saturated heterocycles. The molecule has 0 saturated carbocycles. The van der Waals surface area contributed by atoms with Crippen LogP contribution in [0, 0.1) is 0 Å². The average molecular weight is 255 g/mol. The molecule has 0 fully saturated rings. The lowest BCUT2D eigenvalue weighted by Gasteiger charge is -2.12. The topological polar surface area (TPSA) is 48.7 Å². The number of aromatic nitrogens is 3. The maximum absolute atomic E-state index is 5.46. The Morgan fingerprint density at radius 2 is 2.00 bits per heavy atom. The minimum atomic E-state index is 0.698. The highest BCUT2D eigenvalue weighted by molar-refractivity contribution is 5.73. The molecule has 3 rings (SSSR count). The Bertz CT molecular complexity index is 722. The molecule has 3 aromatic rings.